The van der Waals surface area contributed by atoms with Crippen LogP contribution < -0.4 is 5.32 Å². The van der Waals surface area contributed by atoms with Crippen LogP contribution in [-0.2, 0) is 0 Å². The van der Waals surface area contributed by atoms with Gasteiger partial charge in [0.2, 0.25) is 0 Å². The summed E-state index contributed by atoms with van der Waals surface area (Å²) in [6.07, 6.45) is 8.22. The van der Waals surface area contributed by atoms with Crippen molar-refractivity contribution in [2.75, 3.05) is 0 Å². The molecular formula is C16H23N. The van der Waals surface area contributed by atoms with Crippen molar-refractivity contribution in [3.8, 4) is 0 Å². The Morgan fingerprint density at radius 2 is 1.53 bits per heavy atom. The topological polar surface area (TPSA) is 12.0 Å². The molecule has 92 valence electrons. The number of nitrogens with one attached hydrogen (secondary N) is 1. The first-order valence-electron chi connectivity index (χ1n) is 7.19. The van der Waals surface area contributed by atoms with Gasteiger partial charge >= 0.3 is 0 Å². The number of piperidine rings is 1. The summed E-state index contributed by atoms with van der Waals surface area (Å²) in [6.45, 7) is 2.30. The molecule has 3 rings (SSSR count). The van der Waals surface area contributed by atoms with Gasteiger partial charge in [-0.25, -0.2) is 0 Å². The van der Waals surface area contributed by atoms with E-state index in [1.54, 1.807) is 5.56 Å². The van der Waals surface area contributed by atoms with Crippen LogP contribution in [0.5, 0.6) is 0 Å². The van der Waals surface area contributed by atoms with E-state index in [0.29, 0.717) is 12.1 Å². The maximum Gasteiger partial charge on any atom is 0.0322 e. The van der Waals surface area contributed by atoms with E-state index in [9.17, 15) is 0 Å². The van der Waals surface area contributed by atoms with Crippen LogP contribution >= 0.6 is 0 Å². The van der Waals surface area contributed by atoms with Crippen LogP contribution in [0.4, 0.5) is 0 Å². The smallest absolute Gasteiger partial charge is 0.0322 e. The van der Waals surface area contributed by atoms with E-state index in [2.05, 4.69) is 36.5 Å². The largest absolute Gasteiger partial charge is 0.307 e. The predicted molar refractivity (Wildman–Crippen MR) is 72.2 cm³/mol. The minimum absolute atomic E-state index is 0.592. The molecule has 2 aliphatic rings. The number of benzene rings is 1. The molecule has 1 aliphatic carbocycles. The molecule has 1 N–H and O–H groups in total. The first kappa shape index (κ1) is 11.3. The fourth-order valence-electron chi connectivity index (χ4n) is 3.14. The van der Waals surface area contributed by atoms with Crippen molar-refractivity contribution >= 4 is 0 Å². The molecule has 1 aromatic carbocycles. The van der Waals surface area contributed by atoms with Crippen molar-refractivity contribution in [2.45, 2.75) is 63.5 Å². The third kappa shape index (κ3) is 2.40. The molecule has 1 saturated heterocycles. The highest BCUT2D eigenvalue weighted by atomic mass is 15.0. The van der Waals surface area contributed by atoms with Crippen molar-refractivity contribution in [1.29, 1.82) is 0 Å². The lowest BCUT2D eigenvalue weighted by atomic mass is 9.79. The zero-order chi connectivity index (χ0) is 11.7. The summed E-state index contributed by atoms with van der Waals surface area (Å²) < 4.78 is 0. The van der Waals surface area contributed by atoms with Crippen LogP contribution in [0.2, 0.25) is 0 Å². The van der Waals surface area contributed by atoms with Gasteiger partial charge in [-0.3, -0.25) is 0 Å². The maximum atomic E-state index is 3.71. The summed E-state index contributed by atoms with van der Waals surface area (Å²) >= 11 is 0. The maximum absolute atomic E-state index is 3.71. The number of rotatable bonds is 2. The summed E-state index contributed by atoms with van der Waals surface area (Å²) in [6, 6.07) is 10.7. The highest BCUT2D eigenvalue weighted by Crippen LogP contribution is 2.37. The fourth-order valence-corrected chi connectivity index (χ4v) is 3.14. The predicted octanol–water partition coefficient (Wildman–Crippen LogP) is 4.16. The van der Waals surface area contributed by atoms with Gasteiger partial charge in [0, 0.05) is 12.1 Å². The van der Waals surface area contributed by atoms with Crippen LogP contribution in [0.15, 0.2) is 24.3 Å². The van der Waals surface area contributed by atoms with Crippen LogP contribution in [0.25, 0.3) is 0 Å². The van der Waals surface area contributed by atoms with Crippen LogP contribution in [-0.4, -0.2) is 6.04 Å². The third-order valence-corrected chi connectivity index (χ3v) is 4.53. The highest BCUT2D eigenvalue weighted by molar-refractivity contribution is 5.28. The Morgan fingerprint density at radius 3 is 2.12 bits per heavy atom. The van der Waals surface area contributed by atoms with Crippen LogP contribution in [0, 0.1) is 0 Å². The highest BCUT2D eigenvalue weighted by Gasteiger charge is 2.21. The second-order valence-electron chi connectivity index (χ2n) is 5.85. The average Bonchev–Trinajstić information content (AvgIpc) is 2.28. The summed E-state index contributed by atoms with van der Waals surface area (Å²) in [7, 11) is 0. The minimum atomic E-state index is 0.592. The van der Waals surface area contributed by atoms with E-state index < -0.39 is 0 Å². The molecule has 0 amide bonds. The first-order chi connectivity index (χ1) is 8.33. The third-order valence-electron chi connectivity index (χ3n) is 4.53. The standard InChI is InChI=1S/C16H23N/c1-12-4-2-7-16(17-12)15-10-8-14(9-11-15)13-5-3-6-13/h8-13,16-17H,2-7H2,1H3. The van der Waals surface area contributed by atoms with Gasteiger partial charge in [-0.1, -0.05) is 37.1 Å². The summed E-state index contributed by atoms with van der Waals surface area (Å²) in [5.74, 6) is 0.863. The molecule has 0 radical (unpaired) electrons. The van der Waals surface area contributed by atoms with E-state index >= 15 is 0 Å². The van der Waals surface area contributed by atoms with Crippen LogP contribution in [0.1, 0.15) is 68.5 Å². The SMILES string of the molecule is CC1CCCC(c2ccc(C3CCC3)cc2)N1. The second-order valence-corrected chi connectivity index (χ2v) is 5.85. The van der Waals surface area contributed by atoms with E-state index in [0.717, 1.165) is 5.92 Å². The number of hydrogen-bond donors (Lipinski definition) is 1. The van der Waals surface area contributed by atoms with Gasteiger partial charge in [0.15, 0.2) is 0 Å². The van der Waals surface area contributed by atoms with Crippen molar-refractivity contribution in [3.63, 3.8) is 0 Å². The molecule has 2 atom stereocenters. The van der Waals surface area contributed by atoms with E-state index in [4.69, 9.17) is 0 Å². The normalized spacial score (nSPS) is 29.9. The Kier molecular flexibility index (Phi) is 3.19. The fraction of sp³-hybridized carbons (Fsp3) is 0.625. The monoisotopic (exact) mass is 229 g/mol. The summed E-state index contributed by atoms with van der Waals surface area (Å²) in [5, 5.41) is 3.71. The van der Waals surface area contributed by atoms with E-state index in [1.807, 2.05) is 0 Å². The second kappa shape index (κ2) is 4.81. The molecule has 1 aromatic rings. The van der Waals surface area contributed by atoms with Gasteiger partial charge in [0.25, 0.3) is 0 Å². The zero-order valence-corrected chi connectivity index (χ0v) is 10.8. The summed E-state index contributed by atoms with van der Waals surface area (Å²) in [5.41, 5.74) is 3.04. The lowest BCUT2D eigenvalue weighted by Gasteiger charge is -2.30. The quantitative estimate of drug-likeness (QED) is 0.803. The van der Waals surface area contributed by atoms with E-state index in [-0.39, 0.29) is 0 Å². The molecule has 0 spiro atoms. The minimum Gasteiger partial charge on any atom is -0.307 e. The van der Waals surface area contributed by atoms with Gasteiger partial charge in [0.1, 0.15) is 0 Å². The number of hydrogen-bond acceptors (Lipinski definition) is 1. The Labute approximate surface area is 105 Å². The van der Waals surface area contributed by atoms with Crippen molar-refractivity contribution in [1.82, 2.24) is 5.32 Å². The molecule has 2 fully saturated rings. The molecule has 17 heavy (non-hydrogen) atoms. The lowest BCUT2D eigenvalue weighted by Crippen LogP contribution is -2.34. The Morgan fingerprint density at radius 1 is 0.882 bits per heavy atom. The van der Waals surface area contributed by atoms with Gasteiger partial charge < -0.3 is 5.32 Å². The Balaban J connectivity index is 1.70. The molecule has 1 heterocycles. The van der Waals surface area contributed by atoms with Gasteiger partial charge in [0.05, 0.1) is 0 Å². The zero-order valence-electron chi connectivity index (χ0n) is 10.8. The molecule has 0 aromatic heterocycles. The summed E-state index contributed by atoms with van der Waals surface area (Å²) in [4.78, 5) is 0. The van der Waals surface area contributed by atoms with Gasteiger partial charge in [-0.2, -0.15) is 0 Å². The lowest BCUT2D eigenvalue weighted by molar-refractivity contribution is 0.341. The van der Waals surface area contributed by atoms with Gasteiger partial charge in [-0.15, -0.1) is 0 Å². The van der Waals surface area contributed by atoms with Crippen molar-refractivity contribution < 1.29 is 0 Å². The molecular weight excluding hydrogens is 206 g/mol. The van der Waals surface area contributed by atoms with Gasteiger partial charge in [-0.05, 0) is 49.7 Å². The van der Waals surface area contributed by atoms with Crippen molar-refractivity contribution in [3.05, 3.63) is 35.4 Å². The van der Waals surface area contributed by atoms with E-state index in [1.165, 1.54) is 44.1 Å². The molecule has 2 unspecified atom stereocenters. The van der Waals surface area contributed by atoms with Crippen LogP contribution in [0.3, 0.4) is 0 Å². The average molecular weight is 229 g/mol. The Hall–Kier alpha value is -0.820. The molecule has 0 bridgehead atoms. The molecule has 1 nitrogen and oxygen atoms in total. The first-order valence-corrected chi connectivity index (χ1v) is 7.19. The van der Waals surface area contributed by atoms with Crippen molar-refractivity contribution in [2.24, 2.45) is 0 Å². The molecule has 1 heteroatoms. The molecule has 1 aliphatic heterocycles. The Bertz CT molecular complexity index is 364. The molecule has 1 saturated carbocycles.